The molecule has 0 aliphatic carbocycles. The Morgan fingerprint density at radius 1 is 0.405 bits per heavy atom. The van der Waals surface area contributed by atoms with Crippen molar-refractivity contribution in [3.05, 3.63) is 142 Å². The summed E-state index contributed by atoms with van der Waals surface area (Å²) in [6, 6.07) is 32.5. The average molecular weight is 1180 g/mol. The molecule has 0 aliphatic heterocycles. The number of hydrogen-bond acceptors (Lipinski definition) is 15. The van der Waals surface area contributed by atoms with Crippen molar-refractivity contribution in [2.45, 2.75) is 151 Å². The van der Waals surface area contributed by atoms with Crippen LogP contribution >= 0.6 is 11.8 Å². The van der Waals surface area contributed by atoms with Crippen LogP contribution < -0.4 is 0 Å². The van der Waals surface area contributed by atoms with E-state index in [-0.39, 0.29) is 70.4 Å². The fourth-order valence-corrected chi connectivity index (χ4v) is 9.58. The monoisotopic (exact) mass is 1180 g/mol. The summed E-state index contributed by atoms with van der Waals surface area (Å²) in [5.74, 6) is -4.35. The topological polar surface area (TPSA) is 181 Å². The van der Waals surface area contributed by atoms with E-state index in [4.69, 9.17) is 28.4 Å². The molecule has 460 valence electrons. The molecule has 0 spiro atoms. The van der Waals surface area contributed by atoms with Gasteiger partial charge in [-0.3, -0.25) is 33.6 Å². The van der Waals surface area contributed by atoms with Crippen molar-refractivity contribution >= 4 is 52.8 Å². The number of amides is 1. The molecule has 0 saturated heterocycles. The second-order valence-electron chi connectivity index (χ2n) is 22.9. The Morgan fingerprint density at radius 3 is 0.940 bits per heavy atom. The smallest absolute Gasteiger partial charge is 0.308 e. The zero-order valence-corrected chi connectivity index (χ0v) is 52.5. The number of carbonyl (C=O) groups excluding carboxylic acids is 7. The van der Waals surface area contributed by atoms with Crippen LogP contribution in [0.25, 0.3) is 0 Å². The zero-order chi connectivity index (χ0) is 61.4. The minimum atomic E-state index is -1.08. The highest BCUT2D eigenvalue weighted by Crippen LogP contribution is 2.20. The number of hydrogen-bond donors (Lipinski definition) is 0. The number of rotatable bonds is 38. The number of nitrogens with zero attached hydrogens (tertiary/aromatic N) is 2. The summed E-state index contributed by atoms with van der Waals surface area (Å²) in [7, 11) is 3.92. The van der Waals surface area contributed by atoms with E-state index in [0.717, 1.165) is 69.2 Å². The number of aryl methyl sites for hydroxylation is 8. The molecule has 0 radical (unpaired) electrons. The van der Waals surface area contributed by atoms with Crippen LogP contribution in [0, 0.1) is 51.4 Å². The van der Waals surface area contributed by atoms with E-state index in [2.05, 4.69) is 0 Å². The van der Waals surface area contributed by atoms with Crippen LogP contribution in [0.4, 0.5) is 4.79 Å². The lowest BCUT2D eigenvalue weighted by Crippen LogP contribution is -2.34. The molecule has 0 saturated carbocycles. The fourth-order valence-electron chi connectivity index (χ4n) is 8.77. The van der Waals surface area contributed by atoms with Gasteiger partial charge in [0.2, 0.25) is 0 Å². The van der Waals surface area contributed by atoms with Gasteiger partial charge in [-0.2, -0.15) is 0 Å². The Labute approximate surface area is 504 Å². The van der Waals surface area contributed by atoms with Crippen LogP contribution in [0.1, 0.15) is 130 Å². The molecular formula is C68H94N2O13S. The van der Waals surface area contributed by atoms with Crippen molar-refractivity contribution in [1.29, 1.82) is 0 Å². The maximum Gasteiger partial charge on any atom is 0.308 e. The van der Waals surface area contributed by atoms with Crippen LogP contribution in [0.2, 0.25) is 0 Å². The van der Waals surface area contributed by atoms with Gasteiger partial charge in [0.1, 0.15) is 26.4 Å². The van der Waals surface area contributed by atoms with Gasteiger partial charge in [0, 0.05) is 31.7 Å². The fraction of sp³-hybridized carbons (Fsp3) is 0.544. The van der Waals surface area contributed by atoms with Gasteiger partial charge in [0.25, 0.3) is 5.24 Å². The highest BCUT2D eigenvalue weighted by atomic mass is 32.2. The third-order valence-electron chi connectivity index (χ3n) is 14.6. The summed E-state index contributed by atoms with van der Waals surface area (Å²) in [6.45, 7) is 15.0. The van der Waals surface area contributed by atoms with Crippen LogP contribution in [-0.4, -0.2) is 129 Å². The Bertz CT molecular complexity index is 2310. The van der Waals surface area contributed by atoms with Crippen molar-refractivity contribution in [1.82, 2.24) is 9.80 Å². The van der Waals surface area contributed by atoms with E-state index in [0.29, 0.717) is 57.1 Å². The number of thioether (sulfide) groups is 1. The van der Waals surface area contributed by atoms with Gasteiger partial charge in [-0.05, 0) is 141 Å². The van der Waals surface area contributed by atoms with Gasteiger partial charge in [-0.1, -0.05) is 159 Å². The molecule has 1 amide bonds. The van der Waals surface area contributed by atoms with E-state index in [1.807, 2.05) is 144 Å². The van der Waals surface area contributed by atoms with Gasteiger partial charge in [0.05, 0.1) is 23.7 Å². The average Bonchev–Trinajstić information content (AvgIpc) is 3.56. The zero-order valence-electron chi connectivity index (χ0n) is 51.7. The normalized spacial score (nSPS) is 13.4. The molecule has 16 heteroatoms. The molecule has 0 aromatic heterocycles. The van der Waals surface area contributed by atoms with Gasteiger partial charge in [0.15, 0.2) is 12.2 Å². The van der Waals surface area contributed by atoms with E-state index in [1.54, 1.807) is 32.6 Å². The molecule has 0 N–H and O–H groups in total. The number of carbonyl (C=O) groups is 7. The minimum absolute atomic E-state index is 0.107. The van der Waals surface area contributed by atoms with Crippen LogP contribution in [0.3, 0.4) is 0 Å². The molecule has 4 unspecified atom stereocenters. The quantitative estimate of drug-likeness (QED) is 0.0235. The first-order chi connectivity index (χ1) is 40.1. The molecular weight excluding hydrogens is 1080 g/mol. The lowest BCUT2D eigenvalue weighted by molar-refractivity contribution is -0.169. The molecule has 0 fully saturated rings. The van der Waals surface area contributed by atoms with Crippen LogP contribution in [0.5, 0.6) is 0 Å². The number of benzene rings is 4. The van der Waals surface area contributed by atoms with Gasteiger partial charge in [-0.25, -0.2) is 0 Å². The predicted molar refractivity (Wildman–Crippen MR) is 329 cm³/mol. The molecule has 4 aromatic carbocycles. The van der Waals surface area contributed by atoms with Gasteiger partial charge >= 0.3 is 35.8 Å². The molecule has 15 nitrogen and oxygen atoms in total. The molecule has 4 rings (SSSR count). The number of esters is 6. The third-order valence-corrected chi connectivity index (χ3v) is 15.6. The molecule has 4 atom stereocenters. The highest BCUT2D eigenvalue weighted by molar-refractivity contribution is 8.13. The standard InChI is InChI=1S/C68H94N2O13S/c1-48-16-28-56(29-17-48)36-24-52(5)64(73)78-44-60(45-79-65(74)53(6)25-37-57-30-18-49(2)19-31-57)82-62(71)14-11-41-70(68(77)84-43-13-40-69(9)10)42-12-15-63(72)83-61(46-80-66(75)54(7)26-38-58-32-20-50(3)21-33-58)47-81-67(76)55(8)27-39-59-34-22-51(4)23-35-59/h16-23,28-35,52-55,60-61H,11-15,24-27,36-47H2,1-10H3. The summed E-state index contributed by atoms with van der Waals surface area (Å²) < 4.78 is 34.3. The predicted octanol–water partition coefficient (Wildman–Crippen LogP) is 12.0. The highest BCUT2D eigenvalue weighted by Gasteiger charge is 2.27. The Hall–Kier alpha value is -6.52. The van der Waals surface area contributed by atoms with E-state index < -0.39 is 71.7 Å². The summed E-state index contributed by atoms with van der Waals surface area (Å²) in [4.78, 5) is 97.3. The van der Waals surface area contributed by atoms with E-state index >= 15 is 0 Å². The largest absolute Gasteiger partial charge is 0.461 e. The number of ether oxygens (including phenoxy) is 6. The molecule has 4 aromatic rings. The second-order valence-corrected chi connectivity index (χ2v) is 24.0. The summed E-state index contributed by atoms with van der Waals surface area (Å²) in [6.07, 6.45) is 3.68. The summed E-state index contributed by atoms with van der Waals surface area (Å²) in [5, 5.41) is -0.218. The minimum Gasteiger partial charge on any atom is -0.461 e. The Morgan fingerprint density at radius 2 is 0.679 bits per heavy atom. The van der Waals surface area contributed by atoms with E-state index in [9.17, 15) is 33.6 Å². The van der Waals surface area contributed by atoms with Crippen molar-refractivity contribution in [3.63, 3.8) is 0 Å². The Kier molecular flexibility index (Phi) is 32.0. The maximum atomic E-state index is 13.7. The molecule has 84 heavy (non-hydrogen) atoms. The lowest BCUT2D eigenvalue weighted by atomic mass is 10.0. The lowest BCUT2D eigenvalue weighted by Gasteiger charge is -2.23. The van der Waals surface area contributed by atoms with Crippen molar-refractivity contribution in [2.75, 3.05) is 65.9 Å². The van der Waals surface area contributed by atoms with E-state index in [1.165, 1.54) is 0 Å². The van der Waals surface area contributed by atoms with Gasteiger partial charge in [-0.15, -0.1) is 0 Å². The SMILES string of the molecule is Cc1ccc(CCC(C)C(=O)OCC(COC(=O)C(C)CCc2ccc(C)cc2)OC(=O)CCCN(CCCC(=O)OC(COC(=O)C(C)CCc2ccc(C)cc2)COC(=O)C(C)CCc2ccc(C)cc2)C(=O)SCCCN(C)C)cc1. The van der Waals surface area contributed by atoms with Crippen LogP contribution in [0.15, 0.2) is 97.1 Å². The first-order valence-corrected chi connectivity index (χ1v) is 31.0. The Balaban J connectivity index is 1.36. The second kappa shape index (κ2) is 38.4. The summed E-state index contributed by atoms with van der Waals surface area (Å²) >= 11 is 1.16. The first kappa shape index (κ1) is 70.0. The molecule has 0 bridgehead atoms. The summed E-state index contributed by atoms with van der Waals surface area (Å²) in [5.41, 5.74) is 8.98. The van der Waals surface area contributed by atoms with Crippen LogP contribution in [-0.2, 0) is 82.9 Å². The first-order valence-electron chi connectivity index (χ1n) is 30.0. The molecule has 0 aliphatic rings. The molecule has 0 heterocycles. The van der Waals surface area contributed by atoms with Gasteiger partial charge < -0.3 is 38.2 Å². The third kappa shape index (κ3) is 28.8. The van der Waals surface area contributed by atoms with Crippen molar-refractivity contribution in [2.24, 2.45) is 23.7 Å². The maximum absolute atomic E-state index is 13.7. The van der Waals surface area contributed by atoms with Crippen molar-refractivity contribution < 1.29 is 62.0 Å². The van der Waals surface area contributed by atoms with Crippen molar-refractivity contribution in [3.8, 4) is 0 Å².